The number of fused-ring (bicyclic) bond motifs is 1. The molecule has 1 amide bonds. The van der Waals surface area contributed by atoms with Crippen molar-refractivity contribution in [1.29, 1.82) is 0 Å². The molecular formula is C17H24N2O2. The van der Waals surface area contributed by atoms with Crippen molar-refractivity contribution in [3.8, 4) is 0 Å². The highest BCUT2D eigenvalue weighted by atomic mass is 16.3. The van der Waals surface area contributed by atoms with Gasteiger partial charge in [-0.2, -0.15) is 0 Å². The molecule has 1 atom stereocenters. The van der Waals surface area contributed by atoms with E-state index in [1.807, 2.05) is 39.0 Å². The highest BCUT2D eigenvalue weighted by Gasteiger charge is 2.19. The van der Waals surface area contributed by atoms with Crippen LogP contribution >= 0.6 is 0 Å². The lowest BCUT2D eigenvalue weighted by Crippen LogP contribution is -2.39. The molecule has 3 N–H and O–H groups in total. The smallest absolute Gasteiger partial charge is 0.253 e. The first kappa shape index (κ1) is 15.6. The number of carbonyl (C=O) groups is 1. The molecule has 0 bridgehead atoms. The van der Waals surface area contributed by atoms with Gasteiger partial charge in [0.25, 0.3) is 5.91 Å². The van der Waals surface area contributed by atoms with Crippen LogP contribution < -0.4 is 5.32 Å². The summed E-state index contributed by atoms with van der Waals surface area (Å²) in [5.41, 5.74) is 3.81. The van der Waals surface area contributed by atoms with Crippen molar-refractivity contribution in [3.63, 3.8) is 0 Å². The van der Waals surface area contributed by atoms with Crippen LogP contribution in [0.2, 0.25) is 0 Å². The van der Waals surface area contributed by atoms with Crippen LogP contribution in [0.15, 0.2) is 18.2 Å². The van der Waals surface area contributed by atoms with E-state index in [1.165, 1.54) is 5.56 Å². The van der Waals surface area contributed by atoms with Crippen LogP contribution in [-0.4, -0.2) is 28.6 Å². The summed E-state index contributed by atoms with van der Waals surface area (Å²) in [6.45, 7) is 8.24. The van der Waals surface area contributed by atoms with E-state index in [1.54, 1.807) is 0 Å². The Morgan fingerprint density at radius 3 is 2.67 bits per heavy atom. The molecule has 0 spiro atoms. The summed E-state index contributed by atoms with van der Waals surface area (Å²) >= 11 is 0. The zero-order chi connectivity index (χ0) is 15.6. The van der Waals surface area contributed by atoms with E-state index in [0.29, 0.717) is 12.0 Å². The van der Waals surface area contributed by atoms with E-state index in [2.05, 4.69) is 17.2 Å². The summed E-state index contributed by atoms with van der Waals surface area (Å²) in [6.07, 6.45) is 0.572. The van der Waals surface area contributed by atoms with Gasteiger partial charge in [0.15, 0.2) is 0 Å². The van der Waals surface area contributed by atoms with Gasteiger partial charge in [0.2, 0.25) is 0 Å². The Labute approximate surface area is 125 Å². The predicted octanol–water partition coefficient (Wildman–Crippen LogP) is 2.92. The fourth-order valence-corrected chi connectivity index (χ4v) is 2.63. The first-order valence-electron chi connectivity index (χ1n) is 7.45. The molecule has 0 saturated carbocycles. The molecule has 114 valence electrons. The van der Waals surface area contributed by atoms with E-state index in [0.717, 1.165) is 16.6 Å². The highest BCUT2D eigenvalue weighted by molar-refractivity contribution is 6.06. The monoisotopic (exact) mass is 288 g/mol. The molecule has 21 heavy (non-hydrogen) atoms. The van der Waals surface area contributed by atoms with Crippen LogP contribution in [-0.2, 0) is 0 Å². The second-order valence-electron chi connectivity index (χ2n) is 5.94. The van der Waals surface area contributed by atoms with Crippen molar-refractivity contribution in [3.05, 3.63) is 35.0 Å². The lowest BCUT2D eigenvalue weighted by Gasteiger charge is -2.21. The van der Waals surface area contributed by atoms with Gasteiger partial charge in [-0.25, -0.2) is 0 Å². The minimum atomic E-state index is -0.0889. The molecule has 1 unspecified atom stereocenters. The second kappa shape index (κ2) is 6.31. The number of aliphatic hydroxyl groups excluding tert-OH is 1. The van der Waals surface area contributed by atoms with Gasteiger partial charge < -0.3 is 15.4 Å². The maximum atomic E-state index is 12.6. The Bertz CT molecular complexity index is 644. The number of benzene rings is 1. The van der Waals surface area contributed by atoms with Gasteiger partial charge in [-0.1, -0.05) is 26.0 Å². The van der Waals surface area contributed by atoms with E-state index in [9.17, 15) is 4.79 Å². The molecule has 0 aliphatic carbocycles. The molecule has 1 heterocycles. The fraction of sp³-hybridized carbons (Fsp3) is 0.471. The molecule has 0 fully saturated rings. The Kier molecular flexibility index (Phi) is 4.68. The molecule has 1 aromatic carbocycles. The van der Waals surface area contributed by atoms with Gasteiger partial charge in [-0.3, -0.25) is 4.79 Å². The standard InChI is InChI=1S/C17H24N2O2/c1-10(2)15(8-9-20)19-17(21)14-7-5-6-13-11(3)12(4)18-16(13)14/h5-7,10,15,18,20H,8-9H2,1-4H3,(H,19,21). The van der Waals surface area contributed by atoms with Crippen LogP contribution in [0, 0.1) is 19.8 Å². The topological polar surface area (TPSA) is 65.1 Å². The number of carbonyl (C=O) groups excluding carboxylic acids is 1. The van der Waals surface area contributed by atoms with E-state index < -0.39 is 0 Å². The average molecular weight is 288 g/mol. The number of aliphatic hydroxyl groups is 1. The van der Waals surface area contributed by atoms with Crippen molar-refractivity contribution < 1.29 is 9.90 Å². The van der Waals surface area contributed by atoms with Crippen molar-refractivity contribution in [1.82, 2.24) is 10.3 Å². The molecule has 4 heteroatoms. The zero-order valence-corrected chi connectivity index (χ0v) is 13.2. The molecule has 0 aliphatic rings. The summed E-state index contributed by atoms with van der Waals surface area (Å²) in [7, 11) is 0. The third kappa shape index (κ3) is 3.10. The molecule has 0 radical (unpaired) electrons. The fourth-order valence-electron chi connectivity index (χ4n) is 2.63. The number of hydrogen-bond acceptors (Lipinski definition) is 2. The Hall–Kier alpha value is -1.81. The number of aromatic nitrogens is 1. The van der Waals surface area contributed by atoms with Crippen molar-refractivity contribution in [2.45, 2.75) is 40.2 Å². The molecule has 4 nitrogen and oxygen atoms in total. The molecular weight excluding hydrogens is 264 g/mol. The minimum Gasteiger partial charge on any atom is -0.396 e. The SMILES string of the molecule is Cc1[nH]c2c(C(=O)NC(CCO)C(C)C)cccc2c1C. The van der Waals surface area contributed by atoms with E-state index >= 15 is 0 Å². The summed E-state index contributed by atoms with van der Waals surface area (Å²) < 4.78 is 0. The molecule has 2 rings (SSSR count). The van der Waals surface area contributed by atoms with Gasteiger partial charge in [0.1, 0.15) is 0 Å². The van der Waals surface area contributed by atoms with Crippen LogP contribution in [0.1, 0.15) is 41.9 Å². The van der Waals surface area contributed by atoms with Gasteiger partial charge in [0.05, 0.1) is 11.1 Å². The Morgan fingerprint density at radius 2 is 2.05 bits per heavy atom. The van der Waals surface area contributed by atoms with Crippen LogP contribution in [0.3, 0.4) is 0 Å². The molecule has 0 saturated heterocycles. The van der Waals surface area contributed by atoms with Gasteiger partial charge >= 0.3 is 0 Å². The normalized spacial score (nSPS) is 12.9. The van der Waals surface area contributed by atoms with Crippen LogP contribution in [0.5, 0.6) is 0 Å². The lowest BCUT2D eigenvalue weighted by atomic mass is 10.0. The maximum Gasteiger partial charge on any atom is 0.253 e. The summed E-state index contributed by atoms with van der Waals surface area (Å²) in [5, 5.41) is 13.2. The first-order valence-corrected chi connectivity index (χ1v) is 7.45. The number of rotatable bonds is 5. The van der Waals surface area contributed by atoms with Gasteiger partial charge in [0, 0.05) is 23.7 Å². The number of H-pyrrole nitrogens is 1. The zero-order valence-electron chi connectivity index (χ0n) is 13.2. The van der Waals surface area contributed by atoms with Crippen molar-refractivity contribution >= 4 is 16.8 Å². The van der Waals surface area contributed by atoms with E-state index in [4.69, 9.17) is 5.11 Å². The number of aryl methyl sites for hydroxylation is 2. The number of hydrogen-bond donors (Lipinski definition) is 3. The van der Waals surface area contributed by atoms with Crippen molar-refractivity contribution in [2.75, 3.05) is 6.61 Å². The molecule has 0 aliphatic heterocycles. The number of amides is 1. The van der Waals surface area contributed by atoms with Crippen molar-refractivity contribution in [2.24, 2.45) is 5.92 Å². The quantitative estimate of drug-likeness (QED) is 0.792. The van der Waals surface area contributed by atoms with Gasteiger partial charge in [-0.05, 0) is 37.8 Å². The summed E-state index contributed by atoms with van der Waals surface area (Å²) in [4.78, 5) is 15.9. The van der Waals surface area contributed by atoms with Gasteiger partial charge in [-0.15, -0.1) is 0 Å². The third-order valence-corrected chi connectivity index (χ3v) is 4.15. The highest BCUT2D eigenvalue weighted by Crippen LogP contribution is 2.24. The summed E-state index contributed by atoms with van der Waals surface area (Å²) in [5.74, 6) is 0.196. The van der Waals surface area contributed by atoms with E-state index in [-0.39, 0.29) is 24.5 Å². The number of nitrogens with one attached hydrogen (secondary N) is 2. The minimum absolute atomic E-state index is 0.0186. The lowest BCUT2D eigenvalue weighted by molar-refractivity contribution is 0.0918. The number of aromatic amines is 1. The molecule has 2 aromatic rings. The predicted molar refractivity (Wildman–Crippen MR) is 85.6 cm³/mol. The average Bonchev–Trinajstić information content (AvgIpc) is 2.73. The molecule has 1 aromatic heterocycles. The van der Waals surface area contributed by atoms with Crippen LogP contribution in [0.25, 0.3) is 10.9 Å². The van der Waals surface area contributed by atoms with Crippen LogP contribution in [0.4, 0.5) is 0 Å². The summed E-state index contributed by atoms with van der Waals surface area (Å²) in [6, 6.07) is 5.76. The maximum absolute atomic E-state index is 12.6. The Balaban J connectivity index is 2.33. The number of para-hydroxylation sites is 1. The Morgan fingerprint density at radius 1 is 1.33 bits per heavy atom. The third-order valence-electron chi connectivity index (χ3n) is 4.15. The largest absolute Gasteiger partial charge is 0.396 e. The first-order chi connectivity index (χ1) is 9.95. The second-order valence-corrected chi connectivity index (χ2v) is 5.94.